The predicted octanol–water partition coefficient (Wildman–Crippen LogP) is 2.02. The van der Waals surface area contributed by atoms with E-state index < -0.39 is 32.6 Å². The SMILES string of the molecule is CCC(C)P(=O)(O)OCC(O)COCCOCCOCCOCCOP(=O)(O)C(C)C. The van der Waals surface area contributed by atoms with Crippen LogP contribution in [0, 0.1) is 0 Å². The molecule has 0 heterocycles. The molecule has 0 aromatic rings. The number of aliphatic hydroxyl groups is 1. The van der Waals surface area contributed by atoms with E-state index in [0.717, 1.165) is 0 Å². The van der Waals surface area contributed by atoms with Gasteiger partial charge in [-0.1, -0.05) is 27.7 Å². The summed E-state index contributed by atoms with van der Waals surface area (Å²) < 4.78 is 54.3. The zero-order valence-corrected chi connectivity index (χ0v) is 20.8. The second-order valence-corrected chi connectivity index (χ2v) is 11.9. The first kappa shape index (κ1) is 31.1. The topological polar surface area (TPSA) is 150 Å². The number of hydrogen-bond donors (Lipinski definition) is 3. The van der Waals surface area contributed by atoms with Gasteiger partial charge in [0.1, 0.15) is 6.10 Å². The summed E-state index contributed by atoms with van der Waals surface area (Å²) in [6, 6.07) is 0. The smallest absolute Gasteiger partial charge is 0.330 e. The van der Waals surface area contributed by atoms with E-state index in [2.05, 4.69) is 0 Å². The van der Waals surface area contributed by atoms with Crippen LogP contribution in [-0.2, 0) is 37.1 Å². The van der Waals surface area contributed by atoms with Gasteiger partial charge in [0.15, 0.2) is 0 Å². The standard InChI is InChI=1S/C18H40O11P2/c1-5-17(4)31(22,23)29-15-18(19)14-27-11-10-25-7-6-24-8-9-26-12-13-28-30(20,21)16(2)3/h16-19H,5-15H2,1-4H3,(H,20,21)(H,22,23). The van der Waals surface area contributed by atoms with Crippen molar-refractivity contribution in [2.75, 3.05) is 66.1 Å². The Morgan fingerprint density at radius 1 is 0.677 bits per heavy atom. The Labute approximate surface area is 185 Å². The highest BCUT2D eigenvalue weighted by molar-refractivity contribution is 7.53. The zero-order chi connectivity index (χ0) is 23.8. The van der Waals surface area contributed by atoms with E-state index in [1.54, 1.807) is 27.7 Å². The molecular formula is C18H40O11P2. The maximum atomic E-state index is 11.8. The molecule has 0 aliphatic heterocycles. The average molecular weight is 494 g/mol. The molecule has 0 aliphatic carbocycles. The Morgan fingerprint density at radius 3 is 1.58 bits per heavy atom. The molecule has 0 amide bonds. The van der Waals surface area contributed by atoms with Crippen molar-refractivity contribution in [1.29, 1.82) is 0 Å². The van der Waals surface area contributed by atoms with Gasteiger partial charge >= 0.3 is 15.2 Å². The van der Waals surface area contributed by atoms with Crippen molar-refractivity contribution in [2.45, 2.75) is 51.5 Å². The fourth-order valence-electron chi connectivity index (χ4n) is 1.85. The van der Waals surface area contributed by atoms with Crippen molar-refractivity contribution < 1.29 is 52.0 Å². The Morgan fingerprint density at radius 2 is 1.13 bits per heavy atom. The molecule has 0 aromatic heterocycles. The minimum atomic E-state index is -3.71. The lowest BCUT2D eigenvalue weighted by Crippen LogP contribution is -2.23. The molecular weight excluding hydrogens is 454 g/mol. The quantitative estimate of drug-likeness (QED) is 0.159. The van der Waals surface area contributed by atoms with Crippen LogP contribution >= 0.6 is 15.2 Å². The van der Waals surface area contributed by atoms with E-state index in [1.807, 2.05) is 0 Å². The van der Waals surface area contributed by atoms with Crippen molar-refractivity contribution in [1.82, 2.24) is 0 Å². The van der Waals surface area contributed by atoms with Gasteiger partial charge < -0.3 is 42.9 Å². The lowest BCUT2D eigenvalue weighted by atomic mass is 10.4. The summed E-state index contributed by atoms with van der Waals surface area (Å²) in [6.45, 7) is 8.62. The fourth-order valence-corrected chi connectivity index (χ4v) is 3.59. The van der Waals surface area contributed by atoms with Gasteiger partial charge in [0.05, 0.1) is 77.4 Å². The molecule has 0 bridgehead atoms. The largest absolute Gasteiger partial charge is 0.388 e. The van der Waals surface area contributed by atoms with Crippen LogP contribution in [0.1, 0.15) is 34.1 Å². The van der Waals surface area contributed by atoms with Crippen LogP contribution in [0.15, 0.2) is 0 Å². The third-order valence-electron chi connectivity index (χ3n) is 4.18. The number of rotatable bonds is 21. The molecule has 13 heteroatoms. The second kappa shape index (κ2) is 17.6. The van der Waals surface area contributed by atoms with Crippen molar-refractivity contribution in [2.24, 2.45) is 0 Å². The van der Waals surface area contributed by atoms with Gasteiger partial charge in [-0.3, -0.25) is 9.13 Å². The first-order valence-corrected chi connectivity index (χ1v) is 13.7. The van der Waals surface area contributed by atoms with E-state index >= 15 is 0 Å². The van der Waals surface area contributed by atoms with Crippen LogP contribution < -0.4 is 0 Å². The molecule has 0 rings (SSSR count). The minimum absolute atomic E-state index is 0.0235. The van der Waals surface area contributed by atoms with Crippen LogP contribution in [0.5, 0.6) is 0 Å². The fraction of sp³-hybridized carbons (Fsp3) is 1.00. The summed E-state index contributed by atoms with van der Waals surface area (Å²) in [5, 5.41) is 9.72. The molecule has 4 atom stereocenters. The Bertz CT molecular complexity index is 533. The lowest BCUT2D eigenvalue weighted by molar-refractivity contribution is -0.0259. The molecule has 188 valence electrons. The van der Waals surface area contributed by atoms with Crippen molar-refractivity contribution in [3.8, 4) is 0 Å². The summed E-state index contributed by atoms with van der Waals surface area (Å²) in [5.41, 5.74) is -0.922. The highest BCUT2D eigenvalue weighted by atomic mass is 31.2. The van der Waals surface area contributed by atoms with E-state index in [0.29, 0.717) is 39.5 Å². The monoisotopic (exact) mass is 494 g/mol. The van der Waals surface area contributed by atoms with E-state index in [1.165, 1.54) is 0 Å². The predicted molar refractivity (Wildman–Crippen MR) is 116 cm³/mol. The highest BCUT2D eigenvalue weighted by Crippen LogP contribution is 2.48. The van der Waals surface area contributed by atoms with Crippen molar-refractivity contribution in [3.05, 3.63) is 0 Å². The first-order valence-electron chi connectivity index (χ1n) is 10.5. The molecule has 31 heavy (non-hydrogen) atoms. The first-order chi connectivity index (χ1) is 14.5. The number of ether oxygens (including phenoxy) is 4. The highest BCUT2D eigenvalue weighted by Gasteiger charge is 2.27. The van der Waals surface area contributed by atoms with Crippen LogP contribution in [0.3, 0.4) is 0 Å². The minimum Gasteiger partial charge on any atom is -0.388 e. The van der Waals surface area contributed by atoms with Gasteiger partial charge in [0.25, 0.3) is 0 Å². The molecule has 0 saturated heterocycles. The third-order valence-corrected chi connectivity index (χ3v) is 8.04. The Balaban J connectivity index is 3.43. The number of hydrogen-bond acceptors (Lipinski definition) is 9. The van der Waals surface area contributed by atoms with Gasteiger partial charge in [-0.05, 0) is 6.42 Å². The van der Waals surface area contributed by atoms with Gasteiger partial charge in [0, 0.05) is 0 Å². The molecule has 0 fully saturated rings. The Hall–Kier alpha value is 0.1000. The summed E-state index contributed by atoms with van der Waals surface area (Å²) in [7, 11) is -7.26. The van der Waals surface area contributed by atoms with Gasteiger partial charge in [-0.15, -0.1) is 0 Å². The molecule has 4 unspecified atom stereocenters. The molecule has 0 aromatic carbocycles. The summed E-state index contributed by atoms with van der Waals surface area (Å²) >= 11 is 0. The number of aliphatic hydroxyl groups excluding tert-OH is 1. The molecule has 11 nitrogen and oxygen atoms in total. The zero-order valence-electron chi connectivity index (χ0n) is 19.0. The summed E-state index contributed by atoms with van der Waals surface area (Å²) in [6.07, 6.45) is -0.482. The van der Waals surface area contributed by atoms with Gasteiger partial charge in [-0.25, -0.2) is 0 Å². The van der Waals surface area contributed by atoms with Crippen LogP contribution in [0.4, 0.5) is 0 Å². The molecule has 0 aliphatic rings. The third kappa shape index (κ3) is 16.4. The molecule has 0 radical (unpaired) electrons. The van der Waals surface area contributed by atoms with E-state index in [4.69, 9.17) is 28.0 Å². The maximum Gasteiger partial charge on any atom is 0.330 e. The van der Waals surface area contributed by atoms with Crippen molar-refractivity contribution in [3.63, 3.8) is 0 Å². The molecule has 3 N–H and O–H groups in total. The van der Waals surface area contributed by atoms with E-state index in [9.17, 15) is 24.0 Å². The normalized spacial score (nSPS) is 17.9. The van der Waals surface area contributed by atoms with Crippen LogP contribution in [0.2, 0.25) is 0 Å². The average Bonchev–Trinajstić information content (AvgIpc) is 2.71. The molecule has 0 saturated carbocycles. The van der Waals surface area contributed by atoms with Crippen molar-refractivity contribution >= 4 is 15.2 Å². The summed E-state index contributed by atoms with van der Waals surface area (Å²) in [4.78, 5) is 19.1. The lowest BCUT2D eigenvalue weighted by Gasteiger charge is -2.19. The Kier molecular flexibility index (Phi) is 17.6. The van der Waals surface area contributed by atoms with Gasteiger partial charge in [0.2, 0.25) is 0 Å². The maximum absolute atomic E-state index is 11.8. The van der Waals surface area contributed by atoms with E-state index in [-0.39, 0.29) is 33.0 Å². The summed E-state index contributed by atoms with van der Waals surface area (Å²) in [5.74, 6) is 0. The van der Waals surface area contributed by atoms with Crippen LogP contribution in [-0.4, -0.2) is 98.4 Å². The van der Waals surface area contributed by atoms with Gasteiger partial charge in [-0.2, -0.15) is 0 Å². The van der Waals surface area contributed by atoms with Crippen LogP contribution in [0.25, 0.3) is 0 Å². The second-order valence-electron chi connectivity index (χ2n) is 7.17. The molecule has 0 spiro atoms.